The van der Waals surface area contributed by atoms with Gasteiger partial charge in [0.25, 0.3) is 0 Å². The summed E-state index contributed by atoms with van der Waals surface area (Å²) in [6.45, 7) is 1.49. The summed E-state index contributed by atoms with van der Waals surface area (Å²) in [4.78, 5) is 11.0. The van der Waals surface area contributed by atoms with Gasteiger partial charge in [0.15, 0.2) is 0 Å². The van der Waals surface area contributed by atoms with E-state index in [1.54, 1.807) is 0 Å². The Kier molecular flexibility index (Phi) is 2.60. The normalized spacial score (nSPS) is 10.3. The Balaban J connectivity index is 2.60. The van der Waals surface area contributed by atoms with Crippen LogP contribution >= 0.6 is 11.6 Å². The summed E-state index contributed by atoms with van der Waals surface area (Å²) in [6, 6.07) is 11.3. The van der Waals surface area contributed by atoms with Crippen LogP contribution in [0.25, 0.3) is 10.8 Å². The summed E-state index contributed by atoms with van der Waals surface area (Å²) < 4.78 is 0. The molecule has 0 aliphatic carbocycles. The zero-order valence-electron chi connectivity index (χ0n) is 8.25. The fourth-order valence-electron chi connectivity index (χ4n) is 1.55. The van der Waals surface area contributed by atoms with E-state index in [-0.39, 0.29) is 5.91 Å². The fraction of sp³-hybridized carbons (Fsp3) is 0.0833. The molecule has 0 aromatic heterocycles. The molecule has 0 atom stereocenters. The lowest BCUT2D eigenvalue weighted by atomic mass is 10.1. The summed E-state index contributed by atoms with van der Waals surface area (Å²) in [7, 11) is 0. The van der Waals surface area contributed by atoms with Crippen molar-refractivity contribution in [1.29, 1.82) is 0 Å². The molecule has 1 N–H and O–H groups in total. The molecule has 2 aromatic carbocycles. The quantitative estimate of drug-likeness (QED) is 0.782. The highest BCUT2D eigenvalue weighted by Gasteiger charge is 2.02. The first-order valence-electron chi connectivity index (χ1n) is 4.63. The van der Waals surface area contributed by atoms with E-state index in [0.717, 1.165) is 16.5 Å². The average Bonchev–Trinajstić information content (AvgIpc) is 2.16. The number of hydrogen-bond donors (Lipinski definition) is 1. The highest BCUT2D eigenvalue weighted by molar-refractivity contribution is 6.31. The molecule has 0 fully saturated rings. The number of rotatable bonds is 1. The zero-order valence-corrected chi connectivity index (χ0v) is 9.01. The van der Waals surface area contributed by atoms with E-state index in [1.165, 1.54) is 6.92 Å². The van der Waals surface area contributed by atoms with Gasteiger partial charge in [0.1, 0.15) is 0 Å². The van der Waals surface area contributed by atoms with E-state index in [1.807, 2.05) is 36.4 Å². The third-order valence-electron chi connectivity index (χ3n) is 2.15. The van der Waals surface area contributed by atoms with Gasteiger partial charge in [0, 0.05) is 23.0 Å². The minimum absolute atomic E-state index is 0.0718. The lowest BCUT2D eigenvalue weighted by molar-refractivity contribution is -0.114. The van der Waals surface area contributed by atoms with Crippen LogP contribution in [0.1, 0.15) is 6.92 Å². The van der Waals surface area contributed by atoms with E-state index in [9.17, 15) is 4.79 Å². The van der Waals surface area contributed by atoms with Crippen molar-refractivity contribution in [2.75, 3.05) is 5.32 Å². The molecule has 1 amide bonds. The molecule has 2 rings (SSSR count). The van der Waals surface area contributed by atoms with Crippen molar-refractivity contribution in [3.05, 3.63) is 41.4 Å². The molecule has 0 unspecified atom stereocenters. The van der Waals surface area contributed by atoms with Crippen LogP contribution in [0.15, 0.2) is 36.4 Å². The Bertz CT molecular complexity index is 522. The number of carbonyl (C=O) groups is 1. The number of benzene rings is 2. The predicted molar refractivity (Wildman–Crippen MR) is 63.3 cm³/mol. The van der Waals surface area contributed by atoms with Crippen molar-refractivity contribution in [2.24, 2.45) is 0 Å². The van der Waals surface area contributed by atoms with Gasteiger partial charge in [-0.1, -0.05) is 29.8 Å². The second-order valence-electron chi connectivity index (χ2n) is 3.35. The molecule has 0 spiro atoms. The minimum Gasteiger partial charge on any atom is -0.326 e. The Morgan fingerprint density at radius 1 is 1.27 bits per heavy atom. The van der Waals surface area contributed by atoms with Crippen LogP contribution in [0.3, 0.4) is 0 Å². The Labute approximate surface area is 92.9 Å². The van der Waals surface area contributed by atoms with Crippen LogP contribution in [0, 0.1) is 0 Å². The molecule has 0 aliphatic rings. The maximum Gasteiger partial charge on any atom is 0.221 e. The topological polar surface area (TPSA) is 29.1 Å². The van der Waals surface area contributed by atoms with E-state index >= 15 is 0 Å². The van der Waals surface area contributed by atoms with Crippen molar-refractivity contribution in [2.45, 2.75) is 6.92 Å². The smallest absolute Gasteiger partial charge is 0.221 e. The van der Waals surface area contributed by atoms with E-state index < -0.39 is 0 Å². The Morgan fingerprint density at radius 2 is 2.07 bits per heavy atom. The van der Waals surface area contributed by atoms with Crippen molar-refractivity contribution in [1.82, 2.24) is 0 Å². The molecular formula is C12H10ClNO. The summed E-state index contributed by atoms with van der Waals surface area (Å²) >= 11 is 5.89. The molecule has 2 aromatic rings. The van der Waals surface area contributed by atoms with Gasteiger partial charge in [-0.2, -0.15) is 0 Å². The Hall–Kier alpha value is -1.54. The molecule has 3 heteroatoms. The van der Waals surface area contributed by atoms with Crippen LogP contribution in [-0.4, -0.2) is 5.91 Å². The van der Waals surface area contributed by atoms with Crippen LogP contribution in [0.4, 0.5) is 5.69 Å². The number of carbonyl (C=O) groups excluding carboxylic acids is 1. The zero-order chi connectivity index (χ0) is 10.8. The predicted octanol–water partition coefficient (Wildman–Crippen LogP) is 3.45. The third-order valence-corrected chi connectivity index (χ3v) is 2.39. The van der Waals surface area contributed by atoms with E-state index in [4.69, 9.17) is 11.6 Å². The van der Waals surface area contributed by atoms with Gasteiger partial charge in [0.2, 0.25) is 5.91 Å². The van der Waals surface area contributed by atoms with Gasteiger partial charge >= 0.3 is 0 Å². The fourth-order valence-corrected chi connectivity index (χ4v) is 1.73. The molecule has 0 saturated carbocycles. The number of halogens is 1. The first-order valence-corrected chi connectivity index (χ1v) is 5.00. The molecule has 0 radical (unpaired) electrons. The van der Waals surface area contributed by atoms with Crippen molar-refractivity contribution < 1.29 is 4.79 Å². The Morgan fingerprint density at radius 3 is 2.80 bits per heavy atom. The average molecular weight is 220 g/mol. The first kappa shape index (κ1) is 9.99. The van der Waals surface area contributed by atoms with Crippen LogP contribution in [0.2, 0.25) is 5.02 Å². The molecule has 76 valence electrons. The van der Waals surface area contributed by atoms with Gasteiger partial charge in [-0.05, 0) is 23.6 Å². The van der Waals surface area contributed by atoms with Crippen molar-refractivity contribution >= 4 is 34.0 Å². The van der Waals surface area contributed by atoms with Crippen LogP contribution < -0.4 is 5.32 Å². The first-order chi connectivity index (χ1) is 7.16. The molecule has 2 nitrogen and oxygen atoms in total. The summed E-state index contributed by atoms with van der Waals surface area (Å²) in [6.07, 6.45) is 0. The van der Waals surface area contributed by atoms with Gasteiger partial charge in [-0.3, -0.25) is 4.79 Å². The standard InChI is InChI=1S/C12H10ClNO/c1-8(15)14-12-4-2-3-9-7-10(13)5-6-11(9)12/h2-7H,1H3,(H,14,15). The largest absolute Gasteiger partial charge is 0.326 e. The molecular weight excluding hydrogens is 210 g/mol. The number of nitrogens with one attached hydrogen (secondary N) is 1. The number of fused-ring (bicyclic) bond motifs is 1. The molecule has 15 heavy (non-hydrogen) atoms. The summed E-state index contributed by atoms with van der Waals surface area (Å²) in [5.41, 5.74) is 0.816. The van der Waals surface area contributed by atoms with E-state index in [2.05, 4.69) is 5.32 Å². The summed E-state index contributed by atoms with van der Waals surface area (Å²) in [5.74, 6) is -0.0718. The van der Waals surface area contributed by atoms with Crippen LogP contribution in [-0.2, 0) is 4.79 Å². The van der Waals surface area contributed by atoms with Gasteiger partial charge < -0.3 is 5.32 Å². The molecule has 0 aliphatic heterocycles. The maximum atomic E-state index is 11.0. The number of anilines is 1. The van der Waals surface area contributed by atoms with Gasteiger partial charge in [0.05, 0.1) is 0 Å². The number of hydrogen-bond acceptors (Lipinski definition) is 1. The molecule has 0 bridgehead atoms. The highest BCUT2D eigenvalue weighted by atomic mass is 35.5. The monoisotopic (exact) mass is 219 g/mol. The minimum atomic E-state index is -0.0718. The van der Waals surface area contributed by atoms with E-state index in [0.29, 0.717) is 5.02 Å². The number of amides is 1. The molecule has 0 saturated heterocycles. The lowest BCUT2D eigenvalue weighted by Gasteiger charge is -2.06. The maximum absolute atomic E-state index is 11.0. The summed E-state index contributed by atoms with van der Waals surface area (Å²) in [5, 5.41) is 5.50. The second kappa shape index (κ2) is 3.91. The SMILES string of the molecule is CC(=O)Nc1cccc2cc(Cl)ccc12. The van der Waals surface area contributed by atoms with Crippen molar-refractivity contribution in [3.8, 4) is 0 Å². The highest BCUT2D eigenvalue weighted by Crippen LogP contribution is 2.25. The second-order valence-corrected chi connectivity index (χ2v) is 3.79. The third kappa shape index (κ3) is 2.10. The van der Waals surface area contributed by atoms with Crippen LogP contribution in [0.5, 0.6) is 0 Å². The van der Waals surface area contributed by atoms with Gasteiger partial charge in [-0.15, -0.1) is 0 Å². The molecule has 0 heterocycles. The van der Waals surface area contributed by atoms with Crippen molar-refractivity contribution in [3.63, 3.8) is 0 Å². The van der Waals surface area contributed by atoms with Gasteiger partial charge in [-0.25, -0.2) is 0 Å². The lowest BCUT2D eigenvalue weighted by Crippen LogP contribution is -2.05.